The second-order valence-electron chi connectivity index (χ2n) is 3.43. The van der Waals surface area contributed by atoms with Crippen LogP contribution in [0.3, 0.4) is 0 Å². The van der Waals surface area contributed by atoms with Gasteiger partial charge in [-0.1, -0.05) is 17.3 Å². The Balaban J connectivity index is 1.95. The molecule has 0 saturated heterocycles. The lowest BCUT2D eigenvalue weighted by molar-refractivity contribution is -0.139. The zero-order valence-electron chi connectivity index (χ0n) is 8.98. The van der Waals surface area contributed by atoms with Gasteiger partial charge in [0.05, 0.1) is 12.7 Å². The molecule has 0 radical (unpaired) electrons. The second kappa shape index (κ2) is 5.11. The topological polar surface area (TPSA) is 77.2 Å². The molecule has 0 atom stereocenters. The first-order valence-corrected chi connectivity index (χ1v) is 5.01. The standard InChI is InChI=1S/C11H11N3O3/c15-11(16)8-17-10-3-1-9(2-4-10)7-14-6-5-12-13-14/h1-6H,7-8H2,(H,15,16). The summed E-state index contributed by atoms with van der Waals surface area (Å²) in [6.45, 7) is 0.293. The SMILES string of the molecule is O=C(O)COc1ccc(Cn2ccnn2)cc1. The van der Waals surface area contributed by atoms with E-state index < -0.39 is 5.97 Å². The summed E-state index contributed by atoms with van der Waals surface area (Å²) in [6.07, 6.45) is 3.39. The van der Waals surface area contributed by atoms with Crippen molar-refractivity contribution in [2.24, 2.45) is 0 Å². The van der Waals surface area contributed by atoms with Crippen LogP contribution in [-0.2, 0) is 11.3 Å². The Morgan fingerprint density at radius 3 is 2.71 bits per heavy atom. The van der Waals surface area contributed by atoms with Gasteiger partial charge >= 0.3 is 5.97 Å². The predicted octanol–water partition coefficient (Wildman–Crippen LogP) is 0.790. The minimum Gasteiger partial charge on any atom is -0.482 e. The molecule has 0 fully saturated rings. The number of carboxylic acid groups (broad SMARTS) is 1. The van der Waals surface area contributed by atoms with Gasteiger partial charge in [0.2, 0.25) is 0 Å². The monoisotopic (exact) mass is 233 g/mol. The number of aromatic nitrogens is 3. The molecule has 6 nitrogen and oxygen atoms in total. The largest absolute Gasteiger partial charge is 0.482 e. The van der Waals surface area contributed by atoms with Crippen molar-refractivity contribution >= 4 is 5.97 Å². The number of carboxylic acids is 1. The first-order valence-electron chi connectivity index (χ1n) is 5.01. The molecule has 1 aromatic carbocycles. The van der Waals surface area contributed by atoms with Gasteiger partial charge in [0.15, 0.2) is 6.61 Å². The Morgan fingerprint density at radius 1 is 1.35 bits per heavy atom. The minimum absolute atomic E-state index is 0.331. The van der Waals surface area contributed by atoms with E-state index in [0.717, 1.165) is 5.56 Å². The Bertz CT molecular complexity index is 479. The number of hydrogen-bond acceptors (Lipinski definition) is 4. The van der Waals surface area contributed by atoms with Crippen LogP contribution in [0.25, 0.3) is 0 Å². The van der Waals surface area contributed by atoms with E-state index in [1.54, 1.807) is 29.2 Å². The van der Waals surface area contributed by atoms with Gasteiger partial charge in [-0.3, -0.25) is 0 Å². The maximum atomic E-state index is 10.3. The van der Waals surface area contributed by atoms with Crippen molar-refractivity contribution < 1.29 is 14.6 Å². The number of nitrogens with zero attached hydrogens (tertiary/aromatic N) is 3. The number of ether oxygens (including phenoxy) is 1. The lowest BCUT2D eigenvalue weighted by atomic mass is 10.2. The molecule has 0 aliphatic rings. The highest BCUT2D eigenvalue weighted by molar-refractivity contribution is 5.68. The van der Waals surface area contributed by atoms with Crippen molar-refractivity contribution in [2.45, 2.75) is 6.54 Å². The fourth-order valence-electron chi connectivity index (χ4n) is 1.34. The van der Waals surface area contributed by atoms with Crippen LogP contribution in [0.15, 0.2) is 36.7 Å². The quantitative estimate of drug-likeness (QED) is 0.826. The summed E-state index contributed by atoms with van der Waals surface area (Å²) in [5, 5.41) is 16.0. The van der Waals surface area contributed by atoms with Crippen molar-refractivity contribution in [3.63, 3.8) is 0 Å². The Hall–Kier alpha value is -2.37. The van der Waals surface area contributed by atoms with Gasteiger partial charge < -0.3 is 9.84 Å². The molecule has 0 saturated carbocycles. The third kappa shape index (κ3) is 3.30. The van der Waals surface area contributed by atoms with Crippen LogP contribution in [0.4, 0.5) is 0 Å². The summed E-state index contributed by atoms with van der Waals surface area (Å²) in [5.41, 5.74) is 1.04. The lowest BCUT2D eigenvalue weighted by Gasteiger charge is -2.04. The van der Waals surface area contributed by atoms with Crippen LogP contribution in [0, 0.1) is 0 Å². The van der Waals surface area contributed by atoms with E-state index in [1.807, 2.05) is 12.1 Å². The molecule has 1 aromatic heterocycles. The number of aliphatic carboxylic acids is 1. The maximum Gasteiger partial charge on any atom is 0.341 e. The van der Waals surface area contributed by atoms with Crippen LogP contribution in [0.2, 0.25) is 0 Å². The van der Waals surface area contributed by atoms with Gasteiger partial charge in [-0.15, -0.1) is 5.10 Å². The highest BCUT2D eigenvalue weighted by atomic mass is 16.5. The molecular formula is C11H11N3O3. The lowest BCUT2D eigenvalue weighted by Crippen LogP contribution is -2.09. The molecule has 0 aliphatic carbocycles. The van der Waals surface area contributed by atoms with Crippen LogP contribution in [0.1, 0.15) is 5.56 Å². The zero-order chi connectivity index (χ0) is 12.1. The van der Waals surface area contributed by atoms with Gasteiger partial charge in [-0.25, -0.2) is 9.48 Å². The summed E-state index contributed by atoms with van der Waals surface area (Å²) < 4.78 is 6.72. The number of carbonyl (C=O) groups is 1. The van der Waals surface area contributed by atoms with Gasteiger partial charge in [0, 0.05) is 6.20 Å². The summed E-state index contributed by atoms with van der Waals surface area (Å²) in [6, 6.07) is 7.18. The van der Waals surface area contributed by atoms with Crippen LogP contribution < -0.4 is 4.74 Å². The van der Waals surface area contributed by atoms with E-state index in [4.69, 9.17) is 9.84 Å². The molecule has 0 spiro atoms. The molecule has 1 heterocycles. The first kappa shape index (κ1) is 11.1. The molecule has 0 aliphatic heterocycles. The summed E-state index contributed by atoms with van der Waals surface area (Å²) >= 11 is 0. The minimum atomic E-state index is -0.989. The molecule has 2 rings (SSSR count). The summed E-state index contributed by atoms with van der Waals surface area (Å²) in [5.74, 6) is -0.452. The fraction of sp³-hybridized carbons (Fsp3) is 0.182. The van der Waals surface area contributed by atoms with E-state index in [9.17, 15) is 4.79 Å². The second-order valence-corrected chi connectivity index (χ2v) is 3.43. The third-order valence-corrected chi connectivity index (χ3v) is 2.10. The zero-order valence-corrected chi connectivity index (χ0v) is 8.98. The summed E-state index contributed by atoms with van der Waals surface area (Å²) in [7, 11) is 0. The normalized spacial score (nSPS) is 10.1. The van der Waals surface area contributed by atoms with E-state index >= 15 is 0 Å². The average molecular weight is 233 g/mol. The van der Waals surface area contributed by atoms with E-state index in [-0.39, 0.29) is 6.61 Å². The highest BCUT2D eigenvalue weighted by Gasteiger charge is 2.00. The Morgan fingerprint density at radius 2 is 2.12 bits per heavy atom. The third-order valence-electron chi connectivity index (χ3n) is 2.10. The van der Waals surface area contributed by atoms with E-state index in [2.05, 4.69) is 10.3 Å². The van der Waals surface area contributed by atoms with Crippen LogP contribution in [-0.4, -0.2) is 32.7 Å². The van der Waals surface area contributed by atoms with Crippen LogP contribution >= 0.6 is 0 Å². The molecule has 6 heteroatoms. The Kier molecular flexibility index (Phi) is 3.34. The number of rotatable bonds is 5. The fourth-order valence-corrected chi connectivity index (χ4v) is 1.34. The summed E-state index contributed by atoms with van der Waals surface area (Å²) in [4.78, 5) is 10.3. The van der Waals surface area contributed by atoms with E-state index in [0.29, 0.717) is 12.3 Å². The van der Waals surface area contributed by atoms with Crippen molar-refractivity contribution in [1.82, 2.24) is 15.0 Å². The van der Waals surface area contributed by atoms with Gasteiger partial charge in [-0.2, -0.15) is 0 Å². The van der Waals surface area contributed by atoms with Gasteiger partial charge in [-0.05, 0) is 17.7 Å². The van der Waals surface area contributed by atoms with Crippen molar-refractivity contribution in [3.8, 4) is 5.75 Å². The molecule has 0 unspecified atom stereocenters. The number of benzene rings is 1. The van der Waals surface area contributed by atoms with Crippen LogP contribution in [0.5, 0.6) is 5.75 Å². The average Bonchev–Trinajstić information content (AvgIpc) is 2.81. The van der Waals surface area contributed by atoms with Gasteiger partial charge in [0.1, 0.15) is 5.75 Å². The van der Waals surface area contributed by atoms with Crippen molar-refractivity contribution in [3.05, 3.63) is 42.2 Å². The molecule has 88 valence electrons. The van der Waals surface area contributed by atoms with E-state index in [1.165, 1.54) is 0 Å². The molecule has 0 bridgehead atoms. The predicted molar refractivity (Wildman–Crippen MR) is 58.7 cm³/mol. The van der Waals surface area contributed by atoms with Crippen molar-refractivity contribution in [1.29, 1.82) is 0 Å². The maximum absolute atomic E-state index is 10.3. The molecular weight excluding hydrogens is 222 g/mol. The first-order chi connectivity index (χ1) is 8.24. The highest BCUT2D eigenvalue weighted by Crippen LogP contribution is 2.12. The molecule has 2 aromatic rings. The molecule has 1 N–H and O–H groups in total. The number of hydrogen-bond donors (Lipinski definition) is 1. The molecule has 17 heavy (non-hydrogen) atoms. The Labute approximate surface area is 97.4 Å². The smallest absolute Gasteiger partial charge is 0.341 e. The van der Waals surface area contributed by atoms with Crippen molar-refractivity contribution in [2.75, 3.05) is 6.61 Å². The molecule has 0 amide bonds. The van der Waals surface area contributed by atoms with Gasteiger partial charge in [0.25, 0.3) is 0 Å².